The minimum Gasteiger partial charge on any atom is -0.507 e. The maximum atomic E-state index is 10.1. The smallest absolute Gasteiger partial charge is 0.153 e. The lowest BCUT2D eigenvalue weighted by Crippen LogP contribution is -1.77. The van der Waals surface area contributed by atoms with E-state index in [9.17, 15) is 4.79 Å². The van der Waals surface area contributed by atoms with E-state index in [0.717, 1.165) is 0 Å². The number of aldehydes is 1. The van der Waals surface area contributed by atoms with Crippen molar-refractivity contribution in [3.05, 3.63) is 29.8 Å². The van der Waals surface area contributed by atoms with Gasteiger partial charge in [0.25, 0.3) is 0 Å². The van der Waals surface area contributed by atoms with Gasteiger partial charge in [0, 0.05) is 9.90 Å². The molecule has 0 spiro atoms. The first-order valence-electron chi connectivity index (χ1n) is 2.58. The molecule has 0 heterocycles. The molecule has 0 atom stereocenters. The molecule has 0 fully saturated rings. The number of carbonyl (C=O) groups is 1. The summed E-state index contributed by atoms with van der Waals surface area (Å²) >= 11 is 0. The molecule has 0 aliphatic rings. The number of benzene rings is 1. The number of phenols is 1. The van der Waals surface area contributed by atoms with Gasteiger partial charge in [-0.1, -0.05) is 12.1 Å². The van der Waals surface area contributed by atoms with Gasteiger partial charge in [0.05, 0.1) is 5.56 Å². The maximum Gasteiger partial charge on any atom is 0.153 e. The average Bonchev–Trinajstić information content (AvgIpc) is 1.89. The molecular formula is C7H6O2P. The van der Waals surface area contributed by atoms with E-state index in [4.69, 9.17) is 5.11 Å². The molecule has 1 aromatic carbocycles. The van der Waals surface area contributed by atoms with Crippen LogP contribution in [0.15, 0.2) is 24.3 Å². The summed E-state index contributed by atoms with van der Waals surface area (Å²) in [5.74, 6) is 0.0347. The predicted octanol–water partition coefficient (Wildman–Crippen LogP) is 2.07. The largest absolute Gasteiger partial charge is 0.507 e. The highest BCUT2D eigenvalue weighted by Crippen LogP contribution is 2.11. The summed E-state index contributed by atoms with van der Waals surface area (Å²) in [4.78, 5) is 10.1. The lowest BCUT2D eigenvalue weighted by Gasteiger charge is -1.91. The summed E-state index contributed by atoms with van der Waals surface area (Å²) in [6.07, 6.45) is 0.620. The van der Waals surface area contributed by atoms with Gasteiger partial charge in [-0.3, -0.25) is 4.79 Å². The molecule has 0 aromatic heterocycles. The molecular weight excluding hydrogens is 147 g/mol. The predicted molar refractivity (Wildman–Crippen MR) is 40.4 cm³/mol. The van der Waals surface area contributed by atoms with E-state index < -0.39 is 0 Å². The summed E-state index contributed by atoms with van der Waals surface area (Å²) in [5.41, 5.74) is 0.331. The van der Waals surface area contributed by atoms with Crippen LogP contribution in [-0.4, -0.2) is 11.4 Å². The summed E-state index contributed by atoms with van der Waals surface area (Å²) < 4.78 is 0. The van der Waals surface area contributed by atoms with Gasteiger partial charge < -0.3 is 5.11 Å². The average molecular weight is 153 g/mol. The molecule has 51 valence electrons. The van der Waals surface area contributed by atoms with Crippen molar-refractivity contribution in [2.45, 2.75) is 0 Å². The van der Waals surface area contributed by atoms with Crippen LogP contribution >= 0.6 is 9.90 Å². The molecule has 2 nitrogen and oxygen atoms in total. The van der Waals surface area contributed by atoms with Crippen LogP contribution in [0.3, 0.4) is 0 Å². The minimum absolute atomic E-state index is 0. The zero-order valence-corrected chi connectivity index (χ0v) is 6.08. The number of carbonyl (C=O) groups excluding carboxylic acids is 1. The Balaban J connectivity index is 0.000000810. The van der Waals surface area contributed by atoms with Gasteiger partial charge in [-0.15, -0.1) is 0 Å². The fourth-order valence-corrected chi connectivity index (χ4v) is 0.587. The van der Waals surface area contributed by atoms with Crippen LogP contribution in [-0.2, 0) is 0 Å². The van der Waals surface area contributed by atoms with E-state index in [0.29, 0.717) is 11.8 Å². The second kappa shape index (κ2) is 4.02. The highest BCUT2D eigenvalue weighted by molar-refractivity contribution is 6.92. The summed E-state index contributed by atoms with van der Waals surface area (Å²) in [6, 6.07) is 6.40. The van der Waals surface area contributed by atoms with Gasteiger partial charge in [-0.2, -0.15) is 0 Å². The van der Waals surface area contributed by atoms with Gasteiger partial charge in [0.2, 0.25) is 0 Å². The summed E-state index contributed by atoms with van der Waals surface area (Å²) in [6.45, 7) is 0. The van der Waals surface area contributed by atoms with Gasteiger partial charge in [-0.25, -0.2) is 0 Å². The minimum atomic E-state index is 0. The molecule has 0 bridgehead atoms. The Kier molecular flexibility index (Phi) is 3.67. The molecule has 0 amide bonds. The second-order valence-electron chi connectivity index (χ2n) is 1.68. The summed E-state index contributed by atoms with van der Waals surface area (Å²) in [7, 11) is 0. The van der Waals surface area contributed by atoms with Crippen LogP contribution in [0.1, 0.15) is 10.4 Å². The van der Waals surface area contributed by atoms with Crippen molar-refractivity contribution in [3.63, 3.8) is 0 Å². The van der Waals surface area contributed by atoms with Crippen molar-refractivity contribution in [1.29, 1.82) is 0 Å². The van der Waals surface area contributed by atoms with E-state index in [2.05, 4.69) is 0 Å². The van der Waals surface area contributed by atoms with Crippen LogP contribution in [0, 0.1) is 0 Å². The Morgan fingerprint density at radius 1 is 1.30 bits per heavy atom. The highest BCUT2D eigenvalue weighted by Gasteiger charge is 1.93. The Hall–Kier alpha value is -0.880. The van der Waals surface area contributed by atoms with Crippen LogP contribution in [0.5, 0.6) is 5.75 Å². The first kappa shape index (κ1) is 9.12. The zero-order chi connectivity index (χ0) is 6.69. The third kappa shape index (κ3) is 1.82. The molecule has 0 unspecified atom stereocenters. The van der Waals surface area contributed by atoms with Crippen LogP contribution in [0.2, 0.25) is 0 Å². The quantitative estimate of drug-likeness (QED) is 0.495. The lowest BCUT2D eigenvalue weighted by atomic mass is 10.2. The SMILES string of the molecule is O=Cc1ccccc1O.[P]. The number of para-hydroxylation sites is 1. The monoisotopic (exact) mass is 153 g/mol. The first-order valence-corrected chi connectivity index (χ1v) is 2.58. The van der Waals surface area contributed by atoms with Crippen LogP contribution in [0.25, 0.3) is 0 Å². The van der Waals surface area contributed by atoms with Crippen molar-refractivity contribution in [1.82, 2.24) is 0 Å². The van der Waals surface area contributed by atoms with Crippen molar-refractivity contribution in [2.24, 2.45) is 0 Å². The number of hydrogen-bond donors (Lipinski definition) is 1. The molecule has 1 aromatic rings. The lowest BCUT2D eigenvalue weighted by molar-refractivity contribution is 0.112. The molecule has 0 aliphatic carbocycles. The molecule has 0 saturated carbocycles. The van der Waals surface area contributed by atoms with E-state index in [1.807, 2.05) is 0 Å². The fourth-order valence-electron chi connectivity index (χ4n) is 0.587. The normalized spacial score (nSPS) is 8.00. The first-order chi connectivity index (χ1) is 4.34. The fraction of sp³-hybridized carbons (Fsp3) is 0. The van der Waals surface area contributed by atoms with Gasteiger partial charge in [-0.05, 0) is 12.1 Å². The Morgan fingerprint density at radius 3 is 2.30 bits per heavy atom. The highest BCUT2D eigenvalue weighted by atomic mass is 31.0. The van der Waals surface area contributed by atoms with Gasteiger partial charge >= 0.3 is 0 Å². The maximum absolute atomic E-state index is 10.1. The summed E-state index contributed by atoms with van der Waals surface area (Å²) in [5, 5.41) is 8.88. The number of hydrogen-bond acceptors (Lipinski definition) is 2. The molecule has 0 saturated heterocycles. The van der Waals surface area contributed by atoms with Gasteiger partial charge in [0.15, 0.2) is 6.29 Å². The van der Waals surface area contributed by atoms with E-state index in [1.165, 1.54) is 6.07 Å². The number of rotatable bonds is 1. The molecule has 0 aliphatic heterocycles. The zero-order valence-electron chi connectivity index (χ0n) is 5.19. The van der Waals surface area contributed by atoms with Crippen LogP contribution in [0.4, 0.5) is 0 Å². The molecule has 1 rings (SSSR count). The second-order valence-corrected chi connectivity index (χ2v) is 1.68. The molecule has 1 N–H and O–H groups in total. The molecule has 3 radical (unpaired) electrons. The van der Waals surface area contributed by atoms with Crippen molar-refractivity contribution in [2.75, 3.05) is 0 Å². The third-order valence-electron chi connectivity index (χ3n) is 1.06. The van der Waals surface area contributed by atoms with Gasteiger partial charge in [0.1, 0.15) is 5.75 Å². The molecule has 3 heteroatoms. The van der Waals surface area contributed by atoms with E-state index >= 15 is 0 Å². The van der Waals surface area contributed by atoms with E-state index in [1.54, 1.807) is 18.2 Å². The third-order valence-corrected chi connectivity index (χ3v) is 1.06. The van der Waals surface area contributed by atoms with E-state index in [-0.39, 0.29) is 15.6 Å². The number of phenolic OH excluding ortho intramolecular Hbond substituents is 1. The topological polar surface area (TPSA) is 37.3 Å². The number of aromatic hydroxyl groups is 1. The Bertz CT molecular complexity index is 223. The van der Waals surface area contributed by atoms with Crippen molar-refractivity contribution in [3.8, 4) is 5.75 Å². The Morgan fingerprint density at radius 2 is 1.90 bits per heavy atom. The van der Waals surface area contributed by atoms with Crippen LogP contribution < -0.4 is 0 Å². The van der Waals surface area contributed by atoms with Crippen molar-refractivity contribution < 1.29 is 9.90 Å². The standard InChI is InChI=1S/C7H6O2.P/c8-5-6-3-1-2-4-7(6)9;/h1-5,9H;. The van der Waals surface area contributed by atoms with Crippen molar-refractivity contribution >= 4 is 16.2 Å². The molecule has 10 heavy (non-hydrogen) atoms. The Labute approximate surface area is 62.5 Å².